The summed E-state index contributed by atoms with van der Waals surface area (Å²) in [6.07, 6.45) is 4.37. The maximum atomic E-state index is 10.3. The van der Waals surface area contributed by atoms with Crippen LogP contribution >= 0.6 is 0 Å². The normalized spacial score (nSPS) is 10.6. The van der Waals surface area contributed by atoms with Crippen LogP contribution in [0.15, 0.2) is 0 Å². The Bertz CT molecular complexity index is 165. The number of rotatable bonds is 9. The molecule has 0 saturated carbocycles. The topological polar surface area (TPSA) is 73.6 Å². The van der Waals surface area contributed by atoms with E-state index < -0.39 is 15.3 Å². The number of unbranched alkanes of at least 4 members (excludes halogenated alkanes) is 3. The van der Waals surface area contributed by atoms with Gasteiger partial charge in [-0.3, -0.25) is 0 Å². The van der Waals surface area contributed by atoms with Crippen LogP contribution in [0.3, 0.4) is 0 Å². The maximum Gasteiger partial charge on any atom is 0.320 e. The van der Waals surface area contributed by atoms with Gasteiger partial charge in [-0.05, 0) is 12.5 Å². The van der Waals surface area contributed by atoms with Crippen LogP contribution in [0.25, 0.3) is 0 Å². The number of nitrogens with two attached hydrogens (primary N) is 1. The predicted octanol–water partition coefficient (Wildman–Crippen LogP) is 0.728. The summed E-state index contributed by atoms with van der Waals surface area (Å²) >= 11 is 0. The van der Waals surface area contributed by atoms with Crippen molar-refractivity contribution in [2.45, 2.75) is 31.7 Å². The van der Waals surface area contributed by atoms with Gasteiger partial charge in [-0.1, -0.05) is 19.3 Å². The molecule has 0 fully saturated rings. The summed E-state index contributed by atoms with van der Waals surface area (Å²) in [5, 5.41) is 2.57. The second-order valence-electron chi connectivity index (χ2n) is 3.39. The largest absolute Gasteiger partial charge is 0.400 e. The van der Waals surface area contributed by atoms with Gasteiger partial charge in [0.05, 0.1) is 0 Å². The molecule has 3 N–H and O–H groups in total. The van der Waals surface area contributed by atoms with Crippen LogP contribution in [0.4, 0.5) is 4.79 Å². The number of amides is 2. The van der Waals surface area contributed by atoms with E-state index in [4.69, 9.17) is 14.6 Å². The Morgan fingerprint density at radius 1 is 1.20 bits per heavy atom. The molecule has 0 aromatic heterocycles. The molecule has 2 amide bonds. The molecular weight excluding hydrogens is 212 g/mol. The summed E-state index contributed by atoms with van der Waals surface area (Å²) in [7, 11) is 2.05. The zero-order chi connectivity index (χ0) is 11.5. The monoisotopic (exact) mass is 234 g/mol. The SMILES string of the molecule is CO[SiH](CCCCCCNC(N)=O)OC. The summed E-state index contributed by atoms with van der Waals surface area (Å²) in [5.41, 5.74) is 4.93. The standard InChI is InChI=1S/C9H22N2O3Si/c1-13-15(14-2)8-6-4-3-5-7-11-9(10)12/h15H,3-8H2,1-2H3,(H3,10,11,12). The van der Waals surface area contributed by atoms with E-state index in [0.29, 0.717) is 6.54 Å². The molecule has 0 spiro atoms. The Kier molecular flexibility index (Phi) is 9.55. The number of carbonyl (C=O) groups is 1. The van der Waals surface area contributed by atoms with E-state index in [1.807, 2.05) is 0 Å². The number of carbonyl (C=O) groups excluding carboxylic acids is 1. The van der Waals surface area contributed by atoms with Crippen LogP contribution in [-0.4, -0.2) is 36.1 Å². The van der Waals surface area contributed by atoms with E-state index in [1.54, 1.807) is 14.2 Å². The van der Waals surface area contributed by atoms with Crippen molar-refractivity contribution in [1.29, 1.82) is 0 Å². The molecule has 15 heavy (non-hydrogen) atoms. The van der Waals surface area contributed by atoms with Crippen molar-refractivity contribution >= 4 is 15.3 Å². The first-order valence-electron chi connectivity index (χ1n) is 5.29. The van der Waals surface area contributed by atoms with Gasteiger partial charge in [-0.2, -0.15) is 0 Å². The van der Waals surface area contributed by atoms with E-state index >= 15 is 0 Å². The van der Waals surface area contributed by atoms with E-state index in [1.165, 1.54) is 0 Å². The molecule has 0 aliphatic rings. The second-order valence-corrected chi connectivity index (χ2v) is 5.77. The lowest BCUT2D eigenvalue weighted by molar-refractivity contribution is 0.248. The molecule has 0 aliphatic carbocycles. The number of urea groups is 1. The zero-order valence-corrected chi connectivity index (χ0v) is 10.8. The van der Waals surface area contributed by atoms with Gasteiger partial charge in [0, 0.05) is 20.8 Å². The van der Waals surface area contributed by atoms with Crippen LogP contribution in [0.1, 0.15) is 25.7 Å². The van der Waals surface area contributed by atoms with Crippen molar-refractivity contribution in [3.63, 3.8) is 0 Å². The van der Waals surface area contributed by atoms with Crippen LogP contribution in [0.5, 0.6) is 0 Å². The van der Waals surface area contributed by atoms with Gasteiger partial charge in [0.1, 0.15) is 0 Å². The van der Waals surface area contributed by atoms with Crippen LogP contribution in [0.2, 0.25) is 6.04 Å². The highest BCUT2D eigenvalue weighted by molar-refractivity contribution is 6.44. The molecule has 6 heteroatoms. The van der Waals surface area contributed by atoms with E-state index in [-0.39, 0.29) is 0 Å². The van der Waals surface area contributed by atoms with Crippen molar-refractivity contribution in [3.05, 3.63) is 0 Å². The van der Waals surface area contributed by atoms with Gasteiger partial charge in [-0.25, -0.2) is 4.79 Å². The lowest BCUT2D eigenvalue weighted by Crippen LogP contribution is -2.29. The van der Waals surface area contributed by atoms with Gasteiger partial charge < -0.3 is 19.9 Å². The molecule has 0 unspecified atom stereocenters. The van der Waals surface area contributed by atoms with Crippen molar-refractivity contribution in [2.24, 2.45) is 5.73 Å². The lowest BCUT2D eigenvalue weighted by atomic mass is 10.2. The fraction of sp³-hybridized carbons (Fsp3) is 0.889. The first-order valence-corrected chi connectivity index (χ1v) is 7.05. The van der Waals surface area contributed by atoms with E-state index in [2.05, 4.69) is 5.32 Å². The maximum absolute atomic E-state index is 10.3. The first kappa shape index (κ1) is 14.4. The second kappa shape index (κ2) is 9.94. The average molecular weight is 234 g/mol. The molecule has 0 aromatic rings. The minimum absolute atomic E-state index is 0.443. The molecule has 0 aliphatic heterocycles. The molecular formula is C9H22N2O3Si. The number of hydrogen-bond donors (Lipinski definition) is 2. The molecule has 0 saturated heterocycles. The fourth-order valence-corrected chi connectivity index (χ4v) is 2.62. The van der Waals surface area contributed by atoms with Gasteiger partial charge >= 0.3 is 15.3 Å². The minimum Gasteiger partial charge on any atom is -0.400 e. The molecule has 0 rings (SSSR count). The van der Waals surface area contributed by atoms with Gasteiger partial charge in [-0.15, -0.1) is 0 Å². The molecule has 0 radical (unpaired) electrons. The Hall–Kier alpha value is -0.593. The van der Waals surface area contributed by atoms with Crippen molar-refractivity contribution < 1.29 is 13.6 Å². The highest BCUT2D eigenvalue weighted by Crippen LogP contribution is 2.06. The molecule has 5 nitrogen and oxygen atoms in total. The van der Waals surface area contributed by atoms with Crippen molar-refractivity contribution in [3.8, 4) is 0 Å². The number of primary amides is 1. The zero-order valence-electron chi connectivity index (χ0n) is 9.62. The Labute approximate surface area is 93.2 Å². The summed E-state index contributed by atoms with van der Waals surface area (Å²) in [5.74, 6) is 0. The third-order valence-corrected chi connectivity index (χ3v) is 4.12. The minimum atomic E-state index is -1.36. The van der Waals surface area contributed by atoms with Gasteiger partial charge in [0.2, 0.25) is 0 Å². The van der Waals surface area contributed by atoms with Crippen molar-refractivity contribution in [1.82, 2.24) is 5.32 Å². The average Bonchev–Trinajstić information content (AvgIpc) is 2.22. The van der Waals surface area contributed by atoms with Crippen LogP contribution in [0, 0.1) is 0 Å². The highest BCUT2D eigenvalue weighted by atomic mass is 28.3. The molecule has 0 heterocycles. The first-order chi connectivity index (χ1) is 7.20. The van der Waals surface area contributed by atoms with Gasteiger partial charge in [0.25, 0.3) is 0 Å². The quantitative estimate of drug-likeness (QED) is 0.456. The number of nitrogens with one attached hydrogen (secondary N) is 1. The van der Waals surface area contributed by atoms with Crippen LogP contribution < -0.4 is 11.1 Å². The summed E-state index contributed by atoms with van der Waals surface area (Å²) < 4.78 is 10.4. The third kappa shape index (κ3) is 9.71. The molecule has 90 valence electrons. The van der Waals surface area contributed by atoms with Crippen LogP contribution in [-0.2, 0) is 8.85 Å². The Balaban J connectivity index is 3.14. The lowest BCUT2D eigenvalue weighted by Gasteiger charge is -2.10. The number of hydrogen-bond acceptors (Lipinski definition) is 3. The smallest absolute Gasteiger partial charge is 0.320 e. The highest BCUT2D eigenvalue weighted by Gasteiger charge is 2.07. The van der Waals surface area contributed by atoms with E-state index in [0.717, 1.165) is 31.7 Å². The third-order valence-electron chi connectivity index (χ3n) is 2.19. The Morgan fingerprint density at radius 3 is 2.33 bits per heavy atom. The summed E-state index contributed by atoms with van der Waals surface area (Å²) in [6, 6.07) is 0.609. The molecule has 0 bridgehead atoms. The van der Waals surface area contributed by atoms with Gasteiger partial charge in [0.15, 0.2) is 0 Å². The predicted molar refractivity (Wildman–Crippen MR) is 62.0 cm³/mol. The molecule has 0 atom stereocenters. The van der Waals surface area contributed by atoms with E-state index in [9.17, 15) is 4.79 Å². The fourth-order valence-electron chi connectivity index (χ4n) is 1.33. The van der Waals surface area contributed by atoms with Crippen molar-refractivity contribution in [2.75, 3.05) is 20.8 Å². The summed E-state index contributed by atoms with van der Waals surface area (Å²) in [6.45, 7) is 0.671. The summed E-state index contributed by atoms with van der Waals surface area (Å²) in [4.78, 5) is 10.3. The molecule has 0 aromatic carbocycles. The Morgan fingerprint density at radius 2 is 1.80 bits per heavy atom.